The zero-order valence-electron chi connectivity index (χ0n) is 10.6. The van der Waals surface area contributed by atoms with Crippen LogP contribution in [0.25, 0.3) is 0 Å². The maximum absolute atomic E-state index is 10.6. The fraction of sp³-hybridized carbons (Fsp3) is 0.818. The molecule has 2 heterocycles. The predicted molar refractivity (Wildman–Crippen MR) is 63.7 cm³/mol. The van der Waals surface area contributed by atoms with Crippen molar-refractivity contribution in [3.63, 3.8) is 0 Å². The van der Waals surface area contributed by atoms with Crippen molar-refractivity contribution in [3.05, 3.63) is 5.82 Å². The van der Waals surface area contributed by atoms with Gasteiger partial charge in [-0.1, -0.05) is 0 Å². The number of tetrazole rings is 1. The van der Waals surface area contributed by atoms with Gasteiger partial charge in [0.15, 0.2) is 5.82 Å². The normalized spacial score (nSPS) is 21.1. The number of aromatic nitrogens is 4. The van der Waals surface area contributed by atoms with Gasteiger partial charge in [0.05, 0.1) is 13.6 Å². The van der Waals surface area contributed by atoms with Crippen molar-refractivity contribution in [1.29, 1.82) is 0 Å². The largest absolute Gasteiger partial charge is 0.481 e. The molecule has 1 N–H and O–H groups in total. The molecule has 1 saturated heterocycles. The number of carbonyl (C=O) groups is 1. The van der Waals surface area contributed by atoms with Crippen LogP contribution >= 0.6 is 0 Å². The number of aliphatic carboxylic acids is 1. The molecule has 0 radical (unpaired) electrons. The lowest BCUT2D eigenvalue weighted by atomic mass is 9.93. The maximum Gasteiger partial charge on any atom is 0.303 e. The van der Waals surface area contributed by atoms with E-state index in [9.17, 15) is 4.79 Å². The molecule has 1 atom stereocenters. The summed E-state index contributed by atoms with van der Waals surface area (Å²) in [5.74, 6) is 0.505. The molecule has 1 aliphatic heterocycles. The minimum Gasteiger partial charge on any atom is -0.481 e. The third kappa shape index (κ3) is 3.76. The minimum atomic E-state index is -0.706. The molecule has 0 aliphatic carbocycles. The monoisotopic (exact) mass is 253 g/mol. The van der Waals surface area contributed by atoms with Gasteiger partial charge in [0.1, 0.15) is 0 Å². The van der Waals surface area contributed by atoms with Crippen molar-refractivity contribution in [3.8, 4) is 0 Å². The molecular formula is C11H19N5O2. The van der Waals surface area contributed by atoms with Crippen molar-refractivity contribution in [2.75, 3.05) is 13.1 Å². The molecule has 2 rings (SSSR count). The lowest BCUT2D eigenvalue weighted by molar-refractivity contribution is -0.137. The maximum atomic E-state index is 10.6. The van der Waals surface area contributed by atoms with E-state index >= 15 is 0 Å². The first-order chi connectivity index (χ1) is 8.63. The third-order valence-electron chi connectivity index (χ3n) is 3.28. The summed E-state index contributed by atoms with van der Waals surface area (Å²) in [7, 11) is 1.75. The van der Waals surface area contributed by atoms with Gasteiger partial charge >= 0.3 is 5.97 Å². The molecule has 0 spiro atoms. The number of carboxylic acid groups (broad SMARTS) is 1. The number of hydrogen-bond acceptors (Lipinski definition) is 5. The lowest BCUT2D eigenvalue weighted by Crippen LogP contribution is -2.35. The van der Waals surface area contributed by atoms with E-state index in [1.807, 2.05) is 0 Å². The first-order valence-electron chi connectivity index (χ1n) is 6.30. The number of aryl methyl sites for hydroxylation is 1. The molecule has 0 amide bonds. The summed E-state index contributed by atoms with van der Waals surface area (Å²) in [5.41, 5.74) is 0. The van der Waals surface area contributed by atoms with Gasteiger partial charge in [-0.05, 0) is 36.9 Å². The molecule has 1 fully saturated rings. The molecule has 1 aliphatic rings. The summed E-state index contributed by atoms with van der Waals surface area (Å²) in [5, 5.41) is 20.7. The Bertz CT molecular complexity index is 406. The molecule has 7 heteroatoms. The van der Waals surface area contributed by atoms with Crippen LogP contribution in [0.15, 0.2) is 0 Å². The van der Waals surface area contributed by atoms with E-state index in [1.165, 1.54) is 4.80 Å². The first kappa shape index (κ1) is 12.9. The molecule has 18 heavy (non-hydrogen) atoms. The van der Waals surface area contributed by atoms with Crippen LogP contribution in [0.1, 0.15) is 31.5 Å². The van der Waals surface area contributed by atoms with Gasteiger partial charge in [0, 0.05) is 13.0 Å². The SMILES string of the molecule is Cn1nnc(CN2CCCC(CCC(=O)O)C2)n1. The molecular weight excluding hydrogens is 234 g/mol. The number of likely N-dealkylation sites (tertiary alicyclic amines) is 1. The summed E-state index contributed by atoms with van der Waals surface area (Å²) in [6.45, 7) is 2.67. The second-order valence-corrected chi connectivity index (χ2v) is 4.87. The summed E-state index contributed by atoms with van der Waals surface area (Å²) in [4.78, 5) is 14.3. The summed E-state index contributed by atoms with van der Waals surface area (Å²) in [6.07, 6.45) is 3.27. The topological polar surface area (TPSA) is 84.1 Å². The van der Waals surface area contributed by atoms with Crippen LogP contribution in [0.5, 0.6) is 0 Å². The van der Waals surface area contributed by atoms with Crippen molar-refractivity contribution in [2.45, 2.75) is 32.2 Å². The Morgan fingerprint density at radius 2 is 2.39 bits per heavy atom. The highest BCUT2D eigenvalue weighted by molar-refractivity contribution is 5.66. The zero-order chi connectivity index (χ0) is 13.0. The lowest BCUT2D eigenvalue weighted by Gasteiger charge is -2.31. The van der Waals surface area contributed by atoms with Gasteiger partial charge in [0.25, 0.3) is 0 Å². The van der Waals surface area contributed by atoms with E-state index in [1.54, 1.807) is 7.05 Å². The quantitative estimate of drug-likeness (QED) is 0.811. The summed E-state index contributed by atoms with van der Waals surface area (Å²) in [6, 6.07) is 0. The highest BCUT2D eigenvalue weighted by Gasteiger charge is 2.21. The van der Waals surface area contributed by atoms with E-state index in [2.05, 4.69) is 20.3 Å². The number of hydrogen-bond donors (Lipinski definition) is 1. The first-order valence-corrected chi connectivity index (χ1v) is 6.30. The fourth-order valence-electron chi connectivity index (χ4n) is 2.44. The highest BCUT2D eigenvalue weighted by Crippen LogP contribution is 2.21. The van der Waals surface area contributed by atoms with Crippen LogP contribution in [0.2, 0.25) is 0 Å². The Labute approximate surface area is 106 Å². The average molecular weight is 253 g/mol. The standard InChI is InChI=1S/C11H19N5O2/c1-15-13-10(12-14-15)8-16-6-2-3-9(7-16)4-5-11(17)18/h9H,2-8H2,1H3,(H,17,18). The number of nitrogens with zero attached hydrogens (tertiary/aromatic N) is 5. The van der Waals surface area contributed by atoms with Crippen LogP contribution in [0.3, 0.4) is 0 Å². The average Bonchev–Trinajstić information content (AvgIpc) is 2.73. The van der Waals surface area contributed by atoms with Crippen molar-refractivity contribution >= 4 is 5.97 Å². The zero-order valence-corrected chi connectivity index (χ0v) is 10.6. The second kappa shape index (κ2) is 5.90. The van der Waals surface area contributed by atoms with Crippen LogP contribution in [0, 0.1) is 5.92 Å². The Kier molecular flexibility index (Phi) is 4.24. The van der Waals surface area contributed by atoms with Crippen LogP contribution in [0.4, 0.5) is 0 Å². The van der Waals surface area contributed by atoms with Crippen molar-refractivity contribution in [1.82, 2.24) is 25.1 Å². The molecule has 0 saturated carbocycles. The Morgan fingerprint density at radius 1 is 1.56 bits per heavy atom. The molecule has 0 aromatic carbocycles. The molecule has 1 aromatic rings. The predicted octanol–water partition coefficient (Wildman–Crippen LogP) is 0.287. The number of carboxylic acids is 1. The van der Waals surface area contributed by atoms with Crippen LogP contribution in [-0.2, 0) is 18.4 Å². The van der Waals surface area contributed by atoms with Gasteiger partial charge in [-0.3, -0.25) is 9.69 Å². The fourth-order valence-corrected chi connectivity index (χ4v) is 2.44. The van der Waals surface area contributed by atoms with Gasteiger partial charge < -0.3 is 5.11 Å². The van der Waals surface area contributed by atoms with E-state index in [0.717, 1.165) is 38.2 Å². The van der Waals surface area contributed by atoms with Crippen LogP contribution in [-0.4, -0.2) is 49.3 Å². The molecule has 7 nitrogen and oxygen atoms in total. The van der Waals surface area contributed by atoms with Gasteiger partial charge in [-0.15, -0.1) is 10.2 Å². The Balaban J connectivity index is 1.81. The van der Waals surface area contributed by atoms with Crippen molar-refractivity contribution in [2.24, 2.45) is 13.0 Å². The van der Waals surface area contributed by atoms with Gasteiger partial charge in [-0.25, -0.2) is 0 Å². The van der Waals surface area contributed by atoms with Gasteiger partial charge in [-0.2, -0.15) is 4.80 Å². The third-order valence-corrected chi connectivity index (χ3v) is 3.28. The van der Waals surface area contributed by atoms with E-state index < -0.39 is 5.97 Å². The molecule has 1 unspecified atom stereocenters. The van der Waals surface area contributed by atoms with Gasteiger partial charge in [0.2, 0.25) is 0 Å². The van der Waals surface area contributed by atoms with E-state index in [4.69, 9.17) is 5.11 Å². The van der Waals surface area contributed by atoms with Crippen LogP contribution < -0.4 is 0 Å². The molecule has 0 bridgehead atoms. The van der Waals surface area contributed by atoms with E-state index in [0.29, 0.717) is 12.5 Å². The van der Waals surface area contributed by atoms with Crippen molar-refractivity contribution < 1.29 is 9.90 Å². The minimum absolute atomic E-state index is 0.266. The second-order valence-electron chi connectivity index (χ2n) is 4.87. The van der Waals surface area contributed by atoms with E-state index in [-0.39, 0.29) is 6.42 Å². The highest BCUT2D eigenvalue weighted by atomic mass is 16.4. The number of rotatable bonds is 5. The smallest absolute Gasteiger partial charge is 0.303 e. The summed E-state index contributed by atoms with van der Waals surface area (Å²) < 4.78 is 0. The Hall–Kier alpha value is -1.50. The number of piperidine rings is 1. The Morgan fingerprint density at radius 3 is 3.06 bits per heavy atom. The molecule has 100 valence electrons. The molecule has 1 aromatic heterocycles. The summed E-state index contributed by atoms with van der Waals surface area (Å²) >= 11 is 0.